The van der Waals surface area contributed by atoms with Gasteiger partial charge in [0, 0.05) is 19.1 Å². The van der Waals surface area contributed by atoms with Gasteiger partial charge in [0.15, 0.2) is 0 Å². The van der Waals surface area contributed by atoms with Crippen LogP contribution < -0.4 is 5.32 Å². The number of hydrogen-bond donors (Lipinski definition) is 1. The average molecular weight is 252 g/mol. The van der Waals surface area contributed by atoms with E-state index in [2.05, 4.69) is 17.1 Å². The van der Waals surface area contributed by atoms with E-state index in [4.69, 9.17) is 0 Å². The van der Waals surface area contributed by atoms with Crippen LogP contribution in [0.1, 0.15) is 32.6 Å². The van der Waals surface area contributed by atoms with Gasteiger partial charge in [-0.2, -0.15) is 13.2 Å². The van der Waals surface area contributed by atoms with Crippen LogP contribution in [0.25, 0.3) is 0 Å². The smallest absolute Gasteiger partial charge is 0.307 e. The standard InChI is InChI=1S/C12H23F3N2/c1-10-5-3-4-6-11(10)17(2)8-7-16-9-12(13,14)15/h10-11,16H,3-9H2,1-2H3. The average Bonchev–Trinajstić information content (AvgIpc) is 2.23. The van der Waals surface area contributed by atoms with Gasteiger partial charge in [0.05, 0.1) is 6.54 Å². The fraction of sp³-hybridized carbons (Fsp3) is 1.00. The Balaban J connectivity index is 2.17. The zero-order valence-corrected chi connectivity index (χ0v) is 10.7. The molecule has 2 atom stereocenters. The van der Waals surface area contributed by atoms with Crippen LogP contribution in [0, 0.1) is 5.92 Å². The van der Waals surface area contributed by atoms with E-state index in [-0.39, 0.29) is 0 Å². The van der Waals surface area contributed by atoms with Gasteiger partial charge in [-0.3, -0.25) is 0 Å². The summed E-state index contributed by atoms with van der Waals surface area (Å²) < 4.78 is 35.8. The highest BCUT2D eigenvalue weighted by Crippen LogP contribution is 2.26. The number of alkyl halides is 3. The molecule has 1 aliphatic carbocycles. The van der Waals surface area contributed by atoms with Gasteiger partial charge in [-0.1, -0.05) is 19.8 Å². The Kier molecular flexibility index (Phi) is 5.73. The molecule has 5 heteroatoms. The van der Waals surface area contributed by atoms with E-state index in [0.717, 1.165) is 0 Å². The summed E-state index contributed by atoms with van der Waals surface area (Å²) in [4.78, 5) is 2.20. The van der Waals surface area contributed by atoms with Crippen molar-refractivity contribution in [2.75, 3.05) is 26.7 Å². The van der Waals surface area contributed by atoms with Gasteiger partial charge >= 0.3 is 6.18 Å². The lowest BCUT2D eigenvalue weighted by molar-refractivity contribution is -0.124. The second-order valence-corrected chi connectivity index (χ2v) is 5.10. The zero-order chi connectivity index (χ0) is 12.9. The van der Waals surface area contributed by atoms with Crippen LogP contribution in [0.5, 0.6) is 0 Å². The molecule has 1 fully saturated rings. The first-order valence-corrected chi connectivity index (χ1v) is 6.38. The van der Waals surface area contributed by atoms with Crippen molar-refractivity contribution < 1.29 is 13.2 Å². The molecule has 0 aromatic rings. The maximum absolute atomic E-state index is 11.9. The molecule has 102 valence electrons. The maximum Gasteiger partial charge on any atom is 0.401 e. The Morgan fingerprint density at radius 2 is 1.88 bits per heavy atom. The number of nitrogens with one attached hydrogen (secondary N) is 1. The molecule has 1 aliphatic rings. The minimum Gasteiger partial charge on any atom is -0.307 e. The molecule has 17 heavy (non-hydrogen) atoms. The van der Waals surface area contributed by atoms with Crippen molar-refractivity contribution in [3.8, 4) is 0 Å². The van der Waals surface area contributed by atoms with Crippen molar-refractivity contribution in [1.82, 2.24) is 10.2 Å². The molecule has 0 saturated heterocycles. The molecule has 1 N–H and O–H groups in total. The predicted octanol–water partition coefficient (Wildman–Crippen LogP) is 2.65. The minimum absolute atomic E-state index is 0.402. The molecule has 1 rings (SSSR count). The van der Waals surface area contributed by atoms with E-state index in [1.807, 2.05) is 7.05 Å². The monoisotopic (exact) mass is 252 g/mol. The summed E-state index contributed by atoms with van der Waals surface area (Å²) in [5.41, 5.74) is 0. The second-order valence-electron chi connectivity index (χ2n) is 5.10. The van der Waals surface area contributed by atoms with Gasteiger partial charge in [-0.25, -0.2) is 0 Å². The summed E-state index contributed by atoms with van der Waals surface area (Å²) >= 11 is 0. The van der Waals surface area contributed by atoms with E-state index in [1.54, 1.807) is 0 Å². The van der Waals surface area contributed by atoms with E-state index in [0.29, 0.717) is 25.0 Å². The van der Waals surface area contributed by atoms with Gasteiger partial charge in [-0.15, -0.1) is 0 Å². The summed E-state index contributed by atoms with van der Waals surface area (Å²) in [6, 6.07) is 0.538. The van der Waals surface area contributed by atoms with E-state index in [9.17, 15) is 13.2 Å². The SMILES string of the molecule is CC1CCCCC1N(C)CCNCC(F)(F)F. The summed E-state index contributed by atoms with van der Waals surface area (Å²) in [5.74, 6) is 0.663. The number of likely N-dealkylation sites (N-methyl/N-ethyl adjacent to an activating group) is 1. The number of rotatable bonds is 5. The van der Waals surface area contributed by atoms with Crippen LogP contribution in [-0.2, 0) is 0 Å². The third-order valence-corrected chi connectivity index (χ3v) is 3.60. The molecule has 0 heterocycles. The Hall–Kier alpha value is -0.290. The maximum atomic E-state index is 11.9. The summed E-state index contributed by atoms with van der Waals surface area (Å²) in [7, 11) is 2.02. The molecule has 2 nitrogen and oxygen atoms in total. The highest BCUT2D eigenvalue weighted by Gasteiger charge is 2.27. The van der Waals surface area contributed by atoms with Crippen LogP contribution in [-0.4, -0.2) is 43.8 Å². The Labute approximate surface area is 102 Å². The number of nitrogens with zero attached hydrogens (tertiary/aromatic N) is 1. The van der Waals surface area contributed by atoms with Crippen LogP contribution in [0.15, 0.2) is 0 Å². The van der Waals surface area contributed by atoms with Crippen LogP contribution in [0.3, 0.4) is 0 Å². The fourth-order valence-corrected chi connectivity index (χ4v) is 2.60. The number of halogens is 3. The molecule has 0 spiro atoms. The van der Waals surface area contributed by atoms with Crippen LogP contribution in [0.2, 0.25) is 0 Å². The third kappa shape index (κ3) is 5.73. The van der Waals surface area contributed by atoms with Crippen molar-refractivity contribution in [2.45, 2.75) is 44.8 Å². The molecular formula is C12H23F3N2. The van der Waals surface area contributed by atoms with Gasteiger partial charge in [-0.05, 0) is 25.8 Å². The molecule has 0 aliphatic heterocycles. The molecule has 1 saturated carbocycles. The zero-order valence-electron chi connectivity index (χ0n) is 10.7. The Bertz CT molecular complexity index is 218. The molecule has 2 unspecified atom stereocenters. The molecule has 0 bridgehead atoms. The van der Waals surface area contributed by atoms with Gasteiger partial charge in [0.2, 0.25) is 0 Å². The highest BCUT2D eigenvalue weighted by atomic mass is 19.4. The lowest BCUT2D eigenvalue weighted by Gasteiger charge is -2.36. The van der Waals surface area contributed by atoms with Gasteiger partial charge in [0.1, 0.15) is 0 Å². The van der Waals surface area contributed by atoms with Crippen LogP contribution >= 0.6 is 0 Å². The fourth-order valence-electron chi connectivity index (χ4n) is 2.60. The summed E-state index contributed by atoms with van der Waals surface area (Å²) in [6.07, 6.45) is 0.853. The van der Waals surface area contributed by atoms with Crippen molar-refractivity contribution in [3.05, 3.63) is 0 Å². The van der Waals surface area contributed by atoms with Crippen molar-refractivity contribution in [2.24, 2.45) is 5.92 Å². The predicted molar refractivity (Wildman–Crippen MR) is 63.0 cm³/mol. The molecule has 0 aromatic carbocycles. The molecule has 0 aromatic heterocycles. The van der Waals surface area contributed by atoms with Crippen molar-refractivity contribution in [1.29, 1.82) is 0 Å². The number of hydrogen-bond acceptors (Lipinski definition) is 2. The minimum atomic E-state index is -4.10. The highest BCUT2D eigenvalue weighted by molar-refractivity contribution is 4.79. The van der Waals surface area contributed by atoms with Gasteiger partial charge in [0.25, 0.3) is 0 Å². The van der Waals surface area contributed by atoms with Gasteiger partial charge < -0.3 is 10.2 Å². The van der Waals surface area contributed by atoms with Crippen molar-refractivity contribution in [3.63, 3.8) is 0 Å². The topological polar surface area (TPSA) is 15.3 Å². The largest absolute Gasteiger partial charge is 0.401 e. The first-order chi connectivity index (χ1) is 7.90. The second kappa shape index (κ2) is 6.59. The Morgan fingerprint density at radius 3 is 2.47 bits per heavy atom. The summed E-state index contributed by atoms with van der Waals surface area (Å²) in [5, 5.41) is 2.44. The van der Waals surface area contributed by atoms with E-state index < -0.39 is 12.7 Å². The molecule has 0 radical (unpaired) electrons. The van der Waals surface area contributed by atoms with E-state index in [1.165, 1.54) is 25.7 Å². The molecular weight excluding hydrogens is 229 g/mol. The quantitative estimate of drug-likeness (QED) is 0.757. The first kappa shape index (κ1) is 14.8. The lowest BCUT2D eigenvalue weighted by Crippen LogP contribution is -2.43. The van der Waals surface area contributed by atoms with Crippen LogP contribution in [0.4, 0.5) is 13.2 Å². The lowest BCUT2D eigenvalue weighted by atomic mass is 9.85. The third-order valence-electron chi connectivity index (χ3n) is 3.60. The molecule has 0 amide bonds. The summed E-state index contributed by atoms with van der Waals surface area (Å²) in [6.45, 7) is 2.44. The Morgan fingerprint density at radius 1 is 1.24 bits per heavy atom. The first-order valence-electron chi connectivity index (χ1n) is 6.38. The van der Waals surface area contributed by atoms with E-state index >= 15 is 0 Å². The normalized spacial score (nSPS) is 26.5. The van der Waals surface area contributed by atoms with Crippen molar-refractivity contribution >= 4 is 0 Å².